The van der Waals surface area contributed by atoms with Crippen molar-refractivity contribution in [3.8, 4) is 0 Å². The molecule has 0 radical (unpaired) electrons. The first-order valence-electron chi connectivity index (χ1n) is 7.70. The van der Waals surface area contributed by atoms with E-state index in [1.165, 1.54) is 6.07 Å². The fourth-order valence-corrected chi connectivity index (χ4v) is 2.32. The lowest BCUT2D eigenvalue weighted by Crippen LogP contribution is -2.26. The molecule has 1 unspecified atom stereocenters. The van der Waals surface area contributed by atoms with E-state index in [0.29, 0.717) is 17.9 Å². The standard InChI is InChI=1S/C16H25ClF3N3O/c1-22(2)7-4-8-23(3)15-6-5-12(16(18,19)20)9-14(15)21-11-13(24)10-17/h5-6,9,13,21,24H,4,7-8,10-11H2,1-3H3. The number of aliphatic hydroxyl groups is 1. The summed E-state index contributed by atoms with van der Waals surface area (Å²) in [5.74, 6) is 0.0139. The minimum Gasteiger partial charge on any atom is -0.390 e. The Kier molecular flexibility index (Phi) is 8.12. The van der Waals surface area contributed by atoms with E-state index < -0.39 is 17.8 Å². The van der Waals surface area contributed by atoms with Crippen molar-refractivity contribution in [2.75, 3.05) is 56.9 Å². The van der Waals surface area contributed by atoms with Gasteiger partial charge in [-0.15, -0.1) is 11.6 Å². The predicted octanol–water partition coefficient (Wildman–Crippen LogP) is 3.10. The number of nitrogens with one attached hydrogen (secondary N) is 1. The van der Waals surface area contributed by atoms with Gasteiger partial charge in [0.05, 0.1) is 28.9 Å². The first-order chi connectivity index (χ1) is 11.1. The maximum atomic E-state index is 12.9. The van der Waals surface area contributed by atoms with Gasteiger partial charge in [-0.25, -0.2) is 0 Å². The highest BCUT2D eigenvalue weighted by Crippen LogP contribution is 2.35. The van der Waals surface area contributed by atoms with Crippen LogP contribution in [0.2, 0.25) is 0 Å². The van der Waals surface area contributed by atoms with Crippen molar-refractivity contribution in [2.45, 2.75) is 18.7 Å². The van der Waals surface area contributed by atoms with Gasteiger partial charge in [-0.05, 0) is 45.3 Å². The average molecular weight is 368 g/mol. The van der Waals surface area contributed by atoms with Gasteiger partial charge in [0, 0.05) is 20.1 Å². The lowest BCUT2D eigenvalue weighted by atomic mass is 10.1. The maximum absolute atomic E-state index is 12.9. The summed E-state index contributed by atoms with van der Waals surface area (Å²) in [6.45, 7) is 1.68. The SMILES string of the molecule is CN(C)CCCN(C)c1ccc(C(F)(F)F)cc1NCC(O)CCl. The second-order valence-corrected chi connectivity index (χ2v) is 6.31. The van der Waals surface area contributed by atoms with E-state index in [4.69, 9.17) is 11.6 Å². The molecule has 0 spiro atoms. The molecule has 0 saturated heterocycles. The summed E-state index contributed by atoms with van der Waals surface area (Å²) >= 11 is 5.54. The maximum Gasteiger partial charge on any atom is 0.416 e. The highest BCUT2D eigenvalue weighted by Gasteiger charge is 2.31. The molecule has 0 aliphatic rings. The fourth-order valence-electron chi connectivity index (χ4n) is 2.21. The smallest absolute Gasteiger partial charge is 0.390 e. The number of benzene rings is 1. The van der Waals surface area contributed by atoms with Gasteiger partial charge in [-0.3, -0.25) is 0 Å². The number of aliphatic hydroxyl groups excluding tert-OH is 1. The Balaban J connectivity index is 2.95. The van der Waals surface area contributed by atoms with Crippen LogP contribution in [-0.2, 0) is 6.18 Å². The first-order valence-corrected chi connectivity index (χ1v) is 8.23. The zero-order valence-corrected chi connectivity index (χ0v) is 15.0. The second-order valence-electron chi connectivity index (χ2n) is 6.00. The molecule has 0 aromatic heterocycles. The van der Waals surface area contributed by atoms with Crippen LogP contribution in [0.5, 0.6) is 0 Å². The van der Waals surface area contributed by atoms with Gasteiger partial charge < -0.3 is 20.2 Å². The molecule has 0 fully saturated rings. The number of hydrogen-bond donors (Lipinski definition) is 2. The third-order valence-corrected chi connectivity index (χ3v) is 3.90. The van der Waals surface area contributed by atoms with Crippen molar-refractivity contribution < 1.29 is 18.3 Å². The van der Waals surface area contributed by atoms with Crippen LogP contribution in [0.4, 0.5) is 24.5 Å². The lowest BCUT2D eigenvalue weighted by Gasteiger charge is -2.25. The lowest BCUT2D eigenvalue weighted by molar-refractivity contribution is -0.137. The highest BCUT2D eigenvalue weighted by molar-refractivity contribution is 6.18. The van der Waals surface area contributed by atoms with Crippen molar-refractivity contribution in [2.24, 2.45) is 0 Å². The second kappa shape index (κ2) is 9.34. The van der Waals surface area contributed by atoms with E-state index in [-0.39, 0.29) is 12.4 Å². The molecule has 1 rings (SSSR count). The summed E-state index contributed by atoms with van der Waals surface area (Å²) in [4.78, 5) is 3.95. The molecule has 1 aromatic rings. The summed E-state index contributed by atoms with van der Waals surface area (Å²) in [6.07, 6.45) is -4.36. The van der Waals surface area contributed by atoms with E-state index in [1.54, 1.807) is 0 Å². The molecule has 24 heavy (non-hydrogen) atoms. The Labute approximate surface area is 146 Å². The molecule has 1 atom stereocenters. The molecule has 0 amide bonds. The van der Waals surface area contributed by atoms with Crippen molar-refractivity contribution in [3.63, 3.8) is 0 Å². The first kappa shape index (κ1) is 20.9. The monoisotopic (exact) mass is 367 g/mol. The van der Waals surface area contributed by atoms with Gasteiger partial charge >= 0.3 is 6.18 Å². The zero-order valence-electron chi connectivity index (χ0n) is 14.2. The zero-order chi connectivity index (χ0) is 18.3. The number of halogens is 4. The van der Waals surface area contributed by atoms with Gasteiger partial charge in [-0.1, -0.05) is 0 Å². The number of alkyl halides is 4. The minimum absolute atomic E-state index is 0.0139. The number of rotatable bonds is 9. The molecule has 0 saturated carbocycles. The van der Waals surface area contributed by atoms with Gasteiger partial charge in [0.1, 0.15) is 0 Å². The number of nitrogens with zero attached hydrogens (tertiary/aromatic N) is 2. The molecule has 8 heteroatoms. The quantitative estimate of drug-likeness (QED) is 0.658. The summed E-state index contributed by atoms with van der Waals surface area (Å²) in [7, 11) is 5.78. The molecule has 1 aromatic carbocycles. The molecular formula is C16H25ClF3N3O. The van der Waals surface area contributed by atoms with Crippen molar-refractivity contribution in [3.05, 3.63) is 23.8 Å². The van der Waals surface area contributed by atoms with Crippen LogP contribution in [-0.4, -0.2) is 62.8 Å². The van der Waals surface area contributed by atoms with Crippen LogP contribution in [0.1, 0.15) is 12.0 Å². The Hall–Kier alpha value is -1.18. The Bertz CT molecular complexity index is 512. The Morgan fingerprint density at radius 2 is 1.88 bits per heavy atom. The van der Waals surface area contributed by atoms with E-state index in [1.807, 2.05) is 26.0 Å². The van der Waals surface area contributed by atoms with Gasteiger partial charge in [0.15, 0.2) is 0 Å². The third-order valence-electron chi connectivity index (χ3n) is 3.54. The van der Waals surface area contributed by atoms with Crippen LogP contribution >= 0.6 is 11.6 Å². The summed E-state index contributed by atoms with van der Waals surface area (Å²) < 4.78 is 38.8. The van der Waals surface area contributed by atoms with E-state index in [9.17, 15) is 18.3 Å². The van der Waals surface area contributed by atoms with Crippen molar-refractivity contribution in [1.82, 2.24) is 4.90 Å². The Morgan fingerprint density at radius 3 is 2.42 bits per heavy atom. The molecule has 138 valence electrons. The predicted molar refractivity (Wildman–Crippen MR) is 93.1 cm³/mol. The number of hydrogen-bond acceptors (Lipinski definition) is 4. The van der Waals surface area contributed by atoms with Crippen LogP contribution in [0.3, 0.4) is 0 Å². The molecule has 0 aliphatic carbocycles. The molecular weight excluding hydrogens is 343 g/mol. The largest absolute Gasteiger partial charge is 0.416 e. The molecule has 0 heterocycles. The Morgan fingerprint density at radius 1 is 1.21 bits per heavy atom. The average Bonchev–Trinajstić information content (AvgIpc) is 2.50. The van der Waals surface area contributed by atoms with Gasteiger partial charge in [0.25, 0.3) is 0 Å². The molecule has 2 N–H and O–H groups in total. The van der Waals surface area contributed by atoms with Crippen LogP contribution in [0.25, 0.3) is 0 Å². The summed E-state index contributed by atoms with van der Waals surface area (Å²) in [5, 5.41) is 12.4. The minimum atomic E-state index is -4.41. The van der Waals surface area contributed by atoms with Crippen molar-refractivity contribution in [1.29, 1.82) is 0 Å². The topological polar surface area (TPSA) is 38.7 Å². The third kappa shape index (κ3) is 6.75. The van der Waals surface area contributed by atoms with E-state index in [0.717, 1.165) is 25.1 Å². The molecule has 0 aliphatic heterocycles. The molecule has 4 nitrogen and oxygen atoms in total. The van der Waals surface area contributed by atoms with Crippen LogP contribution in [0, 0.1) is 0 Å². The van der Waals surface area contributed by atoms with E-state index >= 15 is 0 Å². The highest BCUT2D eigenvalue weighted by atomic mass is 35.5. The normalized spacial score (nSPS) is 13.2. The van der Waals surface area contributed by atoms with E-state index in [2.05, 4.69) is 10.2 Å². The van der Waals surface area contributed by atoms with Gasteiger partial charge in [-0.2, -0.15) is 13.2 Å². The fraction of sp³-hybridized carbons (Fsp3) is 0.625. The van der Waals surface area contributed by atoms with Crippen LogP contribution < -0.4 is 10.2 Å². The molecule has 0 bridgehead atoms. The van der Waals surface area contributed by atoms with Crippen LogP contribution in [0.15, 0.2) is 18.2 Å². The van der Waals surface area contributed by atoms with Crippen molar-refractivity contribution >= 4 is 23.0 Å². The summed E-state index contributed by atoms with van der Waals surface area (Å²) in [6, 6.07) is 3.59. The number of anilines is 2. The summed E-state index contributed by atoms with van der Waals surface area (Å²) in [5.41, 5.74) is 0.265. The van der Waals surface area contributed by atoms with Gasteiger partial charge in [0.2, 0.25) is 0 Å².